The number of aliphatic hydroxyl groups is 2. The summed E-state index contributed by atoms with van der Waals surface area (Å²) in [5.41, 5.74) is 4.35. The van der Waals surface area contributed by atoms with Crippen molar-refractivity contribution in [2.45, 2.75) is 18.6 Å². The van der Waals surface area contributed by atoms with Crippen LogP contribution in [0.2, 0.25) is 0 Å². The summed E-state index contributed by atoms with van der Waals surface area (Å²) < 4.78 is 31.5. The van der Waals surface area contributed by atoms with E-state index in [4.69, 9.17) is 5.73 Å². The molecule has 0 aromatic heterocycles. The summed E-state index contributed by atoms with van der Waals surface area (Å²) in [6.07, 6.45) is -3.92. The van der Waals surface area contributed by atoms with Gasteiger partial charge in [-0.05, 0) is 12.1 Å². The van der Waals surface area contributed by atoms with E-state index in [1.165, 1.54) is 0 Å². The molecule has 0 aliphatic rings. The maximum atomic E-state index is 13.6. The summed E-state index contributed by atoms with van der Waals surface area (Å²) in [6.45, 7) is 0. The second-order valence-corrected chi connectivity index (χ2v) is 3.67. The Bertz CT molecular complexity index is 453. The van der Waals surface area contributed by atoms with E-state index in [1.54, 1.807) is 0 Å². The third kappa shape index (κ3) is 2.93. The van der Waals surface area contributed by atoms with E-state index < -0.39 is 41.7 Å². The van der Waals surface area contributed by atoms with E-state index in [2.05, 4.69) is 4.74 Å². The highest BCUT2D eigenvalue weighted by Crippen LogP contribution is 2.28. The average Bonchev–Trinajstić information content (AvgIpc) is 2.31. The minimum absolute atomic E-state index is 0.326. The lowest BCUT2D eigenvalue weighted by atomic mass is 10.0. The Morgan fingerprint density at radius 1 is 1.39 bits per heavy atom. The molecule has 1 aromatic carbocycles. The molecular weight excluding hydrogens is 248 g/mol. The highest BCUT2D eigenvalue weighted by atomic mass is 19.2. The van der Waals surface area contributed by atoms with Crippen molar-refractivity contribution in [1.29, 1.82) is 0 Å². The molecule has 5 nitrogen and oxygen atoms in total. The number of hydrogen-bond donors (Lipinski definition) is 3. The van der Waals surface area contributed by atoms with Crippen LogP contribution in [0.4, 0.5) is 8.78 Å². The van der Waals surface area contributed by atoms with E-state index in [9.17, 15) is 23.8 Å². The van der Waals surface area contributed by atoms with Crippen molar-refractivity contribution in [3.05, 3.63) is 29.3 Å². The Morgan fingerprint density at radius 3 is 2.50 bits per heavy atom. The Morgan fingerprint density at radius 2 is 2.00 bits per heavy atom. The fourth-order valence-corrected chi connectivity index (χ4v) is 1.46. The summed E-state index contributed by atoms with van der Waals surface area (Å²) in [6, 6.07) is 2.17. The summed E-state index contributed by atoms with van der Waals surface area (Å²) in [7, 11) is 1.16. The lowest BCUT2D eigenvalue weighted by Crippen LogP contribution is -2.26. The van der Waals surface area contributed by atoms with Gasteiger partial charge in [-0.15, -0.1) is 0 Å². The number of carbonyl (C=O) groups is 1. The minimum atomic E-state index is -1.75. The van der Waals surface area contributed by atoms with Gasteiger partial charge in [0, 0.05) is 5.56 Å². The van der Waals surface area contributed by atoms with Crippen LogP contribution in [0, 0.1) is 11.6 Å². The van der Waals surface area contributed by atoms with Crippen LogP contribution in [0.15, 0.2) is 12.1 Å². The van der Waals surface area contributed by atoms with E-state index in [0.29, 0.717) is 0 Å². The average molecular weight is 261 g/mol. The molecule has 0 bridgehead atoms. The Kier molecular flexibility index (Phi) is 4.57. The maximum absolute atomic E-state index is 13.6. The number of halogens is 2. The summed E-state index contributed by atoms with van der Waals surface area (Å²) in [4.78, 5) is 10.6. The van der Waals surface area contributed by atoms with Gasteiger partial charge in [-0.2, -0.15) is 4.39 Å². The SMILES string of the molecule is COc1ccc(C(O)C(O)CC(N)=O)c(F)c1F. The smallest absolute Gasteiger partial charge is 0.220 e. The van der Waals surface area contributed by atoms with Crippen molar-refractivity contribution in [3.63, 3.8) is 0 Å². The second kappa shape index (κ2) is 5.74. The van der Waals surface area contributed by atoms with Crippen molar-refractivity contribution in [3.8, 4) is 5.75 Å². The largest absolute Gasteiger partial charge is 0.494 e. The van der Waals surface area contributed by atoms with Gasteiger partial charge in [0.25, 0.3) is 0 Å². The molecule has 2 atom stereocenters. The van der Waals surface area contributed by atoms with Gasteiger partial charge in [0.15, 0.2) is 11.6 Å². The predicted octanol–water partition coefficient (Wildman–Crippen LogP) is 0.243. The van der Waals surface area contributed by atoms with Crippen LogP contribution >= 0.6 is 0 Å². The number of aliphatic hydroxyl groups excluding tert-OH is 2. The molecule has 0 saturated heterocycles. The van der Waals surface area contributed by atoms with Gasteiger partial charge in [0.1, 0.15) is 6.10 Å². The second-order valence-electron chi connectivity index (χ2n) is 3.67. The summed E-state index contributed by atoms with van der Waals surface area (Å²) in [5.74, 6) is -3.81. The minimum Gasteiger partial charge on any atom is -0.494 e. The van der Waals surface area contributed by atoms with E-state index in [-0.39, 0.29) is 5.75 Å². The first kappa shape index (κ1) is 14.3. The molecule has 0 aliphatic carbocycles. The lowest BCUT2D eigenvalue weighted by Gasteiger charge is -2.18. The van der Waals surface area contributed by atoms with E-state index in [0.717, 1.165) is 19.2 Å². The van der Waals surface area contributed by atoms with Crippen LogP contribution < -0.4 is 10.5 Å². The first-order valence-corrected chi connectivity index (χ1v) is 5.04. The van der Waals surface area contributed by atoms with Crippen LogP contribution in [-0.2, 0) is 4.79 Å². The molecule has 0 saturated carbocycles. The summed E-state index contributed by atoms with van der Waals surface area (Å²) >= 11 is 0. The van der Waals surface area contributed by atoms with Gasteiger partial charge in [-0.3, -0.25) is 4.79 Å². The predicted molar refractivity (Wildman–Crippen MR) is 57.7 cm³/mol. The van der Waals surface area contributed by atoms with Gasteiger partial charge in [0.05, 0.1) is 19.6 Å². The third-order valence-corrected chi connectivity index (χ3v) is 2.39. The fraction of sp³-hybridized carbons (Fsp3) is 0.364. The lowest BCUT2D eigenvalue weighted by molar-refractivity contribution is -0.121. The van der Waals surface area contributed by atoms with Gasteiger partial charge >= 0.3 is 0 Å². The van der Waals surface area contributed by atoms with Crippen LogP contribution in [0.3, 0.4) is 0 Å². The highest BCUT2D eigenvalue weighted by molar-refractivity contribution is 5.74. The molecule has 0 spiro atoms. The van der Waals surface area contributed by atoms with E-state index in [1.807, 2.05) is 0 Å². The zero-order chi connectivity index (χ0) is 13.9. The molecule has 1 amide bonds. The normalized spacial score (nSPS) is 14.1. The number of hydrogen-bond acceptors (Lipinski definition) is 4. The number of nitrogens with two attached hydrogens (primary N) is 1. The number of carbonyl (C=O) groups excluding carboxylic acids is 1. The Labute approximate surface area is 102 Å². The monoisotopic (exact) mass is 261 g/mol. The fourth-order valence-electron chi connectivity index (χ4n) is 1.46. The van der Waals surface area contributed by atoms with Crippen LogP contribution in [0.25, 0.3) is 0 Å². The van der Waals surface area contributed by atoms with Crippen LogP contribution in [0.5, 0.6) is 5.75 Å². The van der Waals surface area contributed by atoms with Gasteiger partial charge < -0.3 is 20.7 Å². The van der Waals surface area contributed by atoms with Gasteiger partial charge in [-0.25, -0.2) is 4.39 Å². The Balaban J connectivity index is 3.03. The van der Waals surface area contributed by atoms with E-state index >= 15 is 0 Å². The zero-order valence-corrected chi connectivity index (χ0v) is 9.56. The molecule has 7 heteroatoms. The number of ether oxygens (including phenoxy) is 1. The molecule has 2 unspecified atom stereocenters. The van der Waals surface area contributed by atoms with Gasteiger partial charge in [-0.1, -0.05) is 0 Å². The first-order valence-electron chi connectivity index (χ1n) is 5.04. The van der Waals surface area contributed by atoms with Crippen LogP contribution in [-0.4, -0.2) is 29.3 Å². The van der Waals surface area contributed by atoms with Crippen molar-refractivity contribution in [2.75, 3.05) is 7.11 Å². The molecule has 4 N–H and O–H groups in total. The number of methoxy groups -OCH3 is 1. The number of primary amides is 1. The molecule has 0 heterocycles. The quantitative estimate of drug-likeness (QED) is 0.708. The van der Waals surface area contributed by atoms with Crippen molar-refractivity contribution >= 4 is 5.91 Å². The van der Waals surface area contributed by atoms with Crippen molar-refractivity contribution < 1.29 is 28.5 Å². The van der Waals surface area contributed by atoms with Crippen LogP contribution in [0.1, 0.15) is 18.1 Å². The number of benzene rings is 1. The Hall–Kier alpha value is -1.73. The maximum Gasteiger partial charge on any atom is 0.220 e. The zero-order valence-electron chi connectivity index (χ0n) is 9.56. The third-order valence-electron chi connectivity index (χ3n) is 2.39. The topological polar surface area (TPSA) is 92.8 Å². The molecule has 100 valence electrons. The first-order chi connectivity index (χ1) is 8.38. The molecular formula is C11H13F2NO4. The summed E-state index contributed by atoms with van der Waals surface area (Å²) in [5, 5.41) is 19.0. The molecule has 0 radical (unpaired) electrons. The molecule has 18 heavy (non-hydrogen) atoms. The number of amides is 1. The standard InChI is InChI=1S/C11H13F2NO4/c1-18-7-3-2-5(9(12)10(7)13)11(17)6(15)4-8(14)16/h2-3,6,11,15,17H,4H2,1H3,(H2,14,16). The molecule has 0 fully saturated rings. The molecule has 1 aromatic rings. The highest BCUT2D eigenvalue weighted by Gasteiger charge is 2.26. The number of rotatable bonds is 5. The molecule has 0 aliphatic heterocycles. The van der Waals surface area contributed by atoms with Crippen molar-refractivity contribution in [1.82, 2.24) is 0 Å². The molecule has 1 rings (SSSR count). The van der Waals surface area contributed by atoms with Gasteiger partial charge in [0.2, 0.25) is 11.7 Å². The van der Waals surface area contributed by atoms with Crippen molar-refractivity contribution in [2.24, 2.45) is 5.73 Å².